The zero-order valence-electron chi connectivity index (χ0n) is 19.0. The number of aromatic nitrogens is 2. The lowest BCUT2D eigenvalue weighted by molar-refractivity contribution is 0.185. The second kappa shape index (κ2) is 10.8. The molecule has 0 saturated heterocycles. The molecule has 32 heavy (non-hydrogen) atoms. The molecule has 1 N–H and O–H groups in total. The number of methoxy groups -OCH3 is 1. The van der Waals surface area contributed by atoms with Crippen molar-refractivity contribution in [3.8, 4) is 5.75 Å². The van der Waals surface area contributed by atoms with Crippen molar-refractivity contribution in [3.63, 3.8) is 0 Å². The summed E-state index contributed by atoms with van der Waals surface area (Å²) >= 11 is 0. The van der Waals surface area contributed by atoms with Gasteiger partial charge in [-0.3, -0.25) is 0 Å². The highest BCUT2D eigenvalue weighted by atomic mass is 19.1. The zero-order chi connectivity index (χ0) is 23.1. The molecule has 0 aliphatic heterocycles. The second-order valence-electron chi connectivity index (χ2n) is 7.87. The van der Waals surface area contributed by atoms with Gasteiger partial charge in [0, 0.05) is 38.1 Å². The van der Waals surface area contributed by atoms with Crippen LogP contribution in [0, 0.1) is 5.82 Å². The van der Waals surface area contributed by atoms with Crippen LogP contribution in [0.15, 0.2) is 60.9 Å². The Bertz CT molecular complexity index is 1020. The number of urea groups is 1. The Hall–Kier alpha value is -3.39. The molecule has 3 rings (SSSR count). The Kier molecular flexibility index (Phi) is 7.83. The molecule has 1 aromatic heterocycles. The number of amides is 2. The molecule has 1 atom stereocenters. The van der Waals surface area contributed by atoms with E-state index in [1.807, 2.05) is 61.1 Å². The summed E-state index contributed by atoms with van der Waals surface area (Å²) < 4.78 is 21.4. The third kappa shape index (κ3) is 5.85. The fraction of sp³-hybridized carbons (Fsp3) is 0.333. The van der Waals surface area contributed by atoms with Crippen LogP contribution in [0.3, 0.4) is 0 Å². The van der Waals surface area contributed by atoms with Crippen LogP contribution in [-0.4, -0.2) is 59.7 Å². The normalized spacial score (nSPS) is 11.9. The molecular formula is C24H30FN5O2. The highest BCUT2D eigenvalue weighted by molar-refractivity contribution is 5.75. The van der Waals surface area contributed by atoms with Crippen molar-refractivity contribution in [1.82, 2.24) is 24.7 Å². The number of benzene rings is 2. The molecule has 2 aromatic carbocycles. The molecular weight excluding hydrogens is 409 g/mol. The lowest BCUT2D eigenvalue weighted by Crippen LogP contribution is -2.44. The number of imidazole rings is 1. The average molecular weight is 440 g/mol. The van der Waals surface area contributed by atoms with Crippen molar-refractivity contribution in [3.05, 3.63) is 83.7 Å². The van der Waals surface area contributed by atoms with E-state index >= 15 is 0 Å². The minimum atomic E-state index is -0.476. The van der Waals surface area contributed by atoms with E-state index in [0.29, 0.717) is 24.5 Å². The van der Waals surface area contributed by atoms with E-state index in [0.717, 1.165) is 11.3 Å². The van der Waals surface area contributed by atoms with Crippen molar-refractivity contribution in [1.29, 1.82) is 0 Å². The van der Waals surface area contributed by atoms with Crippen LogP contribution in [0.4, 0.5) is 9.18 Å². The summed E-state index contributed by atoms with van der Waals surface area (Å²) in [5.74, 6) is 1.10. The van der Waals surface area contributed by atoms with Crippen LogP contribution < -0.4 is 10.1 Å². The first-order chi connectivity index (χ1) is 15.4. The quantitative estimate of drug-likeness (QED) is 0.555. The van der Waals surface area contributed by atoms with Crippen LogP contribution in [0.1, 0.15) is 23.0 Å². The van der Waals surface area contributed by atoms with Gasteiger partial charge in [0.2, 0.25) is 0 Å². The second-order valence-corrected chi connectivity index (χ2v) is 7.87. The third-order valence-electron chi connectivity index (χ3n) is 5.26. The van der Waals surface area contributed by atoms with E-state index in [2.05, 4.69) is 10.3 Å². The van der Waals surface area contributed by atoms with Crippen molar-refractivity contribution in [2.75, 3.05) is 34.3 Å². The van der Waals surface area contributed by atoms with Gasteiger partial charge in [0.1, 0.15) is 23.4 Å². The number of carbonyl (C=O) groups excluding carboxylic acids is 1. The molecule has 0 aliphatic rings. The Morgan fingerprint density at radius 1 is 1.16 bits per heavy atom. The van der Waals surface area contributed by atoms with Crippen molar-refractivity contribution >= 4 is 6.03 Å². The molecule has 0 spiro atoms. The molecule has 170 valence electrons. The van der Waals surface area contributed by atoms with Crippen LogP contribution in [0.2, 0.25) is 0 Å². The first-order valence-electron chi connectivity index (χ1n) is 10.4. The molecule has 0 bridgehead atoms. The molecule has 1 unspecified atom stereocenters. The van der Waals surface area contributed by atoms with Gasteiger partial charge in [-0.2, -0.15) is 0 Å². The molecule has 8 heteroatoms. The van der Waals surface area contributed by atoms with E-state index in [1.54, 1.807) is 36.4 Å². The molecule has 1 heterocycles. The largest absolute Gasteiger partial charge is 0.497 e. The van der Waals surface area contributed by atoms with Crippen molar-refractivity contribution in [2.24, 2.45) is 7.05 Å². The fourth-order valence-corrected chi connectivity index (χ4v) is 3.37. The topological polar surface area (TPSA) is 62.6 Å². The summed E-state index contributed by atoms with van der Waals surface area (Å²) in [6, 6.07) is 13.3. The molecule has 2 amide bonds. The van der Waals surface area contributed by atoms with Gasteiger partial charge < -0.3 is 24.4 Å². The Balaban J connectivity index is 1.88. The monoisotopic (exact) mass is 439 g/mol. The number of nitrogens with zero attached hydrogens (tertiary/aromatic N) is 4. The maximum absolute atomic E-state index is 14.3. The van der Waals surface area contributed by atoms with E-state index in [4.69, 9.17) is 4.74 Å². The summed E-state index contributed by atoms with van der Waals surface area (Å²) in [6.07, 6.45) is 3.53. The smallest absolute Gasteiger partial charge is 0.318 e. The summed E-state index contributed by atoms with van der Waals surface area (Å²) in [6.45, 7) is 1.27. The Morgan fingerprint density at radius 3 is 2.47 bits per heavy atom. The highest BCUT2D eigenvalue weighted by Crippen LogP contribution is 2.23. The maximum Gasteiger partial charge on any atom is 0.318 e. The number of hydrogen-bond acceptors (Lipinski definition) is 4. The number of aryl methyl sites for hydroxylation is 1. The number of nitrogens with one attached hydrogen (secondary N) is 1. The van der Waals surface area contributed by atoms with Gasteiger partial charge in [-0.25, -0.2) is 14.2 Å². The SMILES string of the molecule is COc1ccc(C(NC(=O)N(CCN(C)C)Cc2ccccc2F)c2nccn2C)cc1. The van der Waals surface area contributed by atoms with Gasteiger partial charge in [-0.1, -0.05) is 30.3 Å². The van der Waals surface area contributed by atoms with Gasteiger partial charge >= 0.3 is 6.03 Å². The minimum absolute atomic E-state index is 0.169. The third-order valence-corrected chi connectivity index (χ3v) is 5.26. The number of hydrogen-bond donors (Lipinski definition) is 1. The highest BCUT2D eigenvalue weighted by Gasteiger charge is 2.24. The van der Waals surface area contributed by atoms with E-state index in [-0.39, 0.29) is 18.4 Å². The number of ether oxygens (including phenoxy) is 1. The van der Waals surface area contributed by atoms with Crippen LogP contribution in [-0.2, 0) is 13.6 Å². The van der Waals surface area contributed by atoms with Crippen LogP contribution in [0.25, 0.3) is 0 Å². The van der Waals surface area contributed by atoms with Gasteiger partial charge in [-0.15, -0.1) is 0 Å². The number of carbonyl (C=O) groups is 1. The predicted molar refractivity (Wildman–Crippen MR) is 122 cm³/mol. The first kappa shape index (κ1) is 23.3. The van der Waals surface area contributed by atoms with E-state index < -0.39 is 6.04 Å². The number of rotatable bonds is 9. The standard InChI is InChI=1S/C24H30FN5O2/c1-28(2)15-16-30(17-19-7-5-6-8-21(19)25)24(31)27-22(23-26-13-14-29(23)3)18-9-11-20(32-4)12-10-18/h5-14,22H,15-17H2,1-4H3,(H,27,31). The number of halogens is 1. The minimum Gasteiger partial charge on any atom is -0.497 e. The predicted octanol–water partition coefficient (Wildman–Crippen LogP) is 3.43. The molecule has 0 aliphatic carbocycles. The number of likely N-dealkylation sites (N-methyl/N-ethyl adjacent to an activating group) is 1. The molecule has 0 saturated carbocycles. The van der Waals surface area contributed by atoms with E-state index in [1.165, 1.54) is 6.07 Å². The molecule has 0 radical (unpaired) electrons. The Labute approximate surface area is 188 Å². The average Bonchev–Trinajstić information content (AvgIpc) is 3.21. The summed E-state index contributed by atoms with van der Waals surface area (Å²) in [5, 5.41) is 3.10. The lowest BCUT2D eigenvalue weighted by Gasteiger charge is -2.28. The van der Waals surface area contributed by atoms with Gasteiger partial charge in [-0.05, 0) is 37.9 Å². The van der Waals surface area contributed by atoms with Crippen LogP contribution in [0.5, 0.6) is 5.75 Å². The zero-order valence-corrected chi connectivity index (χ0v) is 19.0. The lowest BCUT2D eigenvalue weighted by atomic mass is 10.1. The van der Waals surface area contributed by atoms with Gasteiger partial charge in [0.25, 0.3) is 0 Å². The molecule has 3 aromatic rings. The fourth-order valence-electron chi connectivity index (χ4n) is 3.37. The molecule has 7 nitrogen and oxygen atoms in total. The summed E-state index contributed by atoms with van der Waals surface area (Å²) in [5.41, 5.74) is 1.34. The van der Waals surface area contributed by atoms with Crippen molar-refractivity contribution < 1.29 is 13.9 Å². The van der Waals surface area contributed by atoms with E-state index in [9.17, 15) is 9.18 Å². The molecule has 0 fully saturated rings. The van der Waals surface area contributed by atoms with Crippen LogP contribution >= 0.6 is 0 Å². The van der Waals surface area contributed by atoms with Gasteiger partial charge in [0.05, 0.1) is 13.7 Å². The van der Waals surface area contributed by atoms with Gasteiger partial charge in [0.15, 0.2) is 0 Å². The summed E-state index contributed by atoms with van der Waals surface area (Å²) in [7, 11) is 7.37. The maximum atomic E-state index is 14.3. The van der Waals surface area contributed by atoms with Crippen molar-refractivity contribution in [2.45, 2.75) is 12.6 Å². The Morgan fingerprint density at radius 2 is 1.88 bits per heavy atom. The first-order valence-corrected chi connectivity index (χ1v) is 10.4. The summed E-state index contributed by atoms with van der Waals surface area (Å²) in [4.78, 5) is 21.5.